The lowest BCUT2D eigenvalue weighted by molar-refractivity contribution is 0.164. The summed E-state index contributed by atoms with van der Waals surface area (Å²) in [5, 5.41) is 9.22. The summed E-state index contributed by atoms with van der Waals surface area (Å²) in [6.45, 7) is 3.29. The van der Waals surface area contributed by atoms with Crippen molar-refractivity contribution in [3.63, 3.8) is 0 Å². The third kappa shape index (κ3) is 2.26. The molecule has 0 radical (unpaired) electrons. The first-order valence-electron chi connectivity index (χ1n) is 4.22. The van der Waals surface area contributed by atoms with Gasteiger partial charge in [0.05, 0.1) is 12.1 Å². The van der Waals surface area contributed by atoms with Crippen LogP contribution in [0.3, 0.4) is 0 Å². The van der Waals surface area contributed by atoms with Gasteiger partial charge in [0, 0.05) is 0 Å². The molecule has 1 rings (SSSR count). The number of nitrogens with two attached hydrogens (primary N) is 1. The Balaban J connectivity index is 2.97. The molecule has 1 aromatic rings. The lowest BCUT2D eigenvalue weighted by atomic mass is 10.0. The standard InChI is InChI=1S/C10H14FNO/c1-6-5-8(3-4-9(6)11)10(12)7(2)13/h3-5,7,10,13H,12H2,1-2H3/t7-,10?/m0/s1. The fourth-order valence-corrected chi connectivity index (χ4v) is 1.15. The molecule has 0 aromatic heterocycles. The Morgan fingerprint density at radius 2 is 2.08 bits per heavy atom. The fourth-order valence-electron chi connectivity index (χ4n) is 1.15. The van der Waals surface area contributed by atoms with Gasteiger partial charge in [0.15, 0.2) is 0 Å². The van der Waals surface area contributed by atoms with Crippen LogP contribution in [0.1, 0.15) is 24.1 Å². The molecule has 0 spiro atoms. The van der Waals surface area contributed by atoms with E-state index in [1.54, 1.807) is 26.0 Å². The minimum Gasteiger partial charge on any atom is -0.391 e. The Kier molecular flexibility index (Phi) is 3.01. The van der Waals surface area contributed by atoms with Crippen LogP contribution in [0.5, 0.6) is 0 Å². The number of benzene rings is 1. The molecular weight excluding hydrogens is 169 g/mol. The van der Waals surface area contributed by atoms with E-state index in [0.29, 0.717) is 5.56 Å². The Bertz CT molecular complexity index is 299. The third-order valence-corrected chi connectivity index (χ3v) is 2.09. The molecular formula is C10H14FNO. The molecule has 0 aliphatic carbocycles. The van der Waals surface area contributed by atoms with Crippen molar-refractivity contribution in [2.45, 2.75) is 26.0 Å². The van der Waals surface area contributed by atoms with E-state index in [1.165, 1.54) is 6.07 Å². The van der Waals surface area contributed by atoms with Gasteiger partial charge >= 0.3 is 0 Å². The van der Waals surface area contributed by atoms with Gasteiger partial charge in [-0.3, -0.25) is 0 Å². The van der Waals surface area contributed by atoms with Crippen molar-refractivity contribution in [3.8, 4) is 0 Å². The first-order chi connectivity index (χ1) is 6.02. The van der Waals surface area contributed by atoms with E-state index in [2.05, 4.69) is 0 Å². The molecule has 0 heterocycles. The van der Waals surface area contributed by atoms with E-state index in [-0.39, 0.29) is 5.82 Å². The van der Waals surface area contributed by atoms with E-state index in [4.69, 9.17) is 5.73 Å². The van der Waals surface area contributed by atoms with Crippen LogP contribution in [0.4, 0.5) is 4.39 Å². The molecule has 0 saturated heterocycles. The smallest absolute Gasteiger partial charge is 0.126 e. The van der Waals surface area contributed by atoms with Crippen molar-refractivity contribution >= 4 is 0 Å². The van der Waals surface area contributed by atoms with E-state index in [1.807, 2.05) is 0 Å². The first kappa shape index (κ1) is 10.2. The molecule has 0 aliphatic heterocycles. The summed E-state index contributed by atoms with van der Waals surface area (Å²) in [7, 11) is 0. The van der Waals surface area contributed by atoms with Crippen LogP contribution in [0.25, 0.3) is 0 Å². The molecule has 3 heteroatoms. The normalized spacial score (nSPS) is 15.5. The molecule has 13 heavy (non-hydrogen) atoms. The molecule has 72 valence electrons. The summed E-state index contributed by atoms with van der Waals surface area (Å²) in [5.41, 5.74) is 6.99. The highest BCUT2D eigenvalue weighted by atomic mass is 19.1. The molecule has 0 fully saturated rings. The van der Waals surface area contributed by atoms with Crippen LogP contribution in [0, 0.1) is 12.7 Å². The maximum absolute atomic E-state index is 12.9. The Morgan fingerprint density at radius 3 is 2.54 bits per heavy atom. The molecule has 2 atom stereocenters. The third-order valence-electron chi connectivity index (χ3n) is 2.09. The molecule has 2 nitrogen and oxygen atoms in total. The molecule has 0 aliphatic rings. The number of hydrogen-bond donors (Lipinski definition) is 2. The molecule has 3 N–H and O–H groups in total. The van der Waals surface area contributed by atoms with Crippen LogP contribution in [0.15, 0.2) is 18.2 Å². The highest BCUT2D eigenvalue weighted by Gasteiger charge is 2.12. The average molecular weight is 183 g/mol. The maximum atomic E-state index is 12.9. The number of aryl methyl sites for hydroxylation is 1. The minimum absolute atomic E-state index is 0.249. The maximum Gasteiger partial charge on any atom is 0.126 e. The average Bonchev–Trinajstić information content (AvgIpc) is 2.08. The fraction of sp³-hybridized carbons (Fsp3) is 0.400. The topological polar surface area (TPSA) is 46.2 Å². The summed E-state index contributed by atoms with van der Waals surface area (Å²) in [6, 6.07) is 4.18. The lowest BCUT2D eigenvalue weighted by Gasteiger charge is -2.15. The molecule has 1 unspecified atom stereocenters. The van der Waals surface area contributed by atoms with Gasteiger partial charge in [-0.25, -0.2) is 4.39 Å². The quantitative estimate of drug-likeness (QED) is 0.730. The monoisotopic (exact) mass is 183 g/mol. The summed E-state index contributed by atoms with van der Waals surface area (Å²) in [4.78, 5) is 0. The number of aliphatic hydroxyl groups excluding tert-OH is 1. The van der Waals surface area contributed by atoms with Crippen molar-refractivity contribution in [1.29, 1.82) is 0 Å². The van der Waals surface area contributed by atoms with Crippen LogP contribution < -0.4 is 5.73 Å². The number of halogens is 1. The largest absolute Gasteiger partial charge is 0.391 e. The molecule has 1 aromatic carbocycles. The molecule has 0 bridgehead atoms. The minimum atomic E-state index is -0.620. The second-order valence-electron chi connectivity index (χ2n) is 3.28. The predicted octanol–water partition coefficient (Wildman–Crippen LogP) is 1.51. The first-order valence-corrected chi connectivity index (χ1v) is 4.22. The van der Waals surface area contributed by atoms with Crippen LogP contribution >= 0.6 is 0 Å². The highest BCUT2D eigenvalue weighted by molar-refractivity contribution is 5.26. The Morgan fingerprint density at radius 1 is 1.46 bits per heavy atom. The van der Waals surface area contributed by atoms with Gasteiger partial charge in [0.25, 0.3) is 0 Å². The van der Waals surface area contributed by atoms with Crippen molar-refractivity contribution in [1.82, 2.24) is 0 Å². The molecule has 0 amide bonds. The van der Waals surface area contributed by atoms with Crippen molar-refractivity contribution in [3.05, 3.63) is 35.1 Å². The van der Waals surface area contributed by atoms with Crippen molar-refractivity contribution in [2.24, 2.45) is 5.73 Å². The molecule has 0 saturated carbocycles. The van der Waals surface area contributed by atoms with E-state index >= 15 is 0 Å². The van der Waals surface area contributed by atoms with Gasteiger partial charge in [-0.15, -0.1) is 0 Å². The van der Waals surface area contributed by atoms with Gasteiger partial charge < -0.3 is 10.8 Å². The summed E-state index contributed by atoms with van der Waals surface area (Å²) >= 11 is 0. The van der Waals surface area contributed by atoms with Crippen LogP contribution in [-0.2, 0) is 0 Å². The Hall–Kier alpha value is -0.930. The zero-order valence-corrected chi connectivity index (χ0v) is 7.79. The summed E-state index contributed by atoms with van der Waals surface area (Å²) in [6.07, 6.45) is -0.620. The number of hydrogen-bond acceptors (Lipinski definition) is 2. The lowest BCUT2D eigenvalue weighted by Crippen LogP contribution is -2.23. The van der Waals surface area contributed by atoms with E-state index < -0.39 is 12.1 Å². The summed E-state index contributed by atoms with van der Waals surface area (Å²) < 4.78 is 12.9. The van der Waals surface area contributed by atoms with E-state index in [9.17, 15) is 9.50 Å². The van der Waals surface area contributed by atoms with Gasteiger partial charge in [0.2, 0.25) is 0 Å². The van der Waals surface area contributed by atoms with Crippen molar-refractivity contribution < 1.29 is 9.50 Å². The van der Waals surface area contributed by atoms with Gasteiger partial charge in [0.1, 0.15) is 5.82 Å². The zero-order valence-electron chi connectivity index (χ0n) is 7.79. The number of aliphatic hydroxyl groups is 1. The zero-order chi connectivity index (χ0) is 10.0. The SMILES string of the molecule is Cc1cc(C(N)[C@H](C)O)ccc1F. The second kappa shape index (κ2) is 3.85. The second-order valence-corrected chi connectivity index (χ2v) is 3.28. The van der Waals surface area contributed by atoms with Gasteiger partial charge in [-0.1, -0.05) is 12.1 Å². The predicted molar refractivity (Wildman–Crippen MR) is 49.7 cm³/mol. The number of rotatable bonds is 2. The highest BCUT2D eigenvalue weighted by Crippen LogP contribution is 2.17. The van der Waals surface area contributed by atoms with Gasteiger partial charge in [-0.05, 0) is 31.0 Å². The van der Waals surface area contributed by atoms with Gasteiger partial charge in [-0.2, -0.15) is 0 Å². The van der Waals surface area contributed by atoms with E-state index in [0.717, 1.165) is 5.56 Å². The van der Waals surface area contributed by atoms with Crippen molar-refractivity contribution in [2.75, 3.05) is 0 Å². The summed E-state index contributed by atoms with van der Waals surface area (Å²) in [5.74, 6) is -0.249. The van der Waals surface area contributed by atoms with Crippen LogP contribution in [-0.4, -0.2) is 11.2 Å². The van der Waals surface area contributed by atoms with Crippen LogP contribution in [0.2, 0.25) is 0 Å². The Labute approximate surface area is 77.2 Å².